The molecule has 4 rings (SSSR count). The number of fused-ring (bicyclic) bond motifs is 1. The van der Waals surface area contributed by atoms with Crippen LogP contribution in [0.4, 0.5) is 5.13 Å². The van der Waals surface area contributed by atoms with Gasteiger partial charge in [-0.1, -0.05) is 62.9 Å². The van der Waals surface area contributed by atoms with Crippen LogP contribution >= 0.6 is 34.9 Å². The molecule has 18 heteroatoms. The molecule has 2 aromatic rings. The van der Waals surface area contributed by atoms with E-state index in [4.69, 9.17) is 4.84 Å². The third-order valence-corrected chi connectivity index (χ3v) is 11.1. The van der Waals surface area contributed by atoms with Crippen molar-refractivity contribution in [3.8, 4) is 0 Å². The monoisotopic (exact) mass is 681 g/mol. The number of anilines is 1. The number of oxime groups is 1. The largest absolute Gasteiger partial charge is 0.481 e. The second-order valence-corrected chi connectivity index (χ2v) is 13.8. The van der Waals surface area contributed by atoms with Crippen molar-refractivity contribution in [2.24, 2.45) is 10.6 Å². The third kappa shape index (κ3) is 8.72. The van der Waals surface area contributed by atoms with E-state index < -0.39 is 28.7 Å². The third-order valence-electron chi connectivity index (χ3n) is 7.47. The molecule has 15 nitrogen and oxygen atoms in total. The van der Waals surface area contributed by atoms with E-state index in [1.54, 1.807) is 10.1 Å². The molecule has 2 saturated heterocycles. The van der Waals surface area contributed by atoms with Gasteiger partial charge in [0.2, 0.25) is 17.5 Å². The van der Waals surface area contributed by atoms with Crippen molar-refractivity contribution in [3.05, 3.63) is 11.1 Å². The maximum atomic E-state index is 13.4. The van der Waals surface area contributed by atoms with Crippen LogP contribution in [-0.2, 0) is 30.6 Å². The normalized spacial score (nSPS) is 21.2. The van der Waals surface area contributed by atoms with Crippen molar-refractivity contribution in [2.45, 2.75) is 88.3 Å². The minimum atomic E-state index is -1.21. The Morgan fingerprint density at radius 3 is 2.73 bits per heavy atom. The molecular formula is C27H39N9O6S3. The number of aryl methyl sites for hydroxylation is 1. The van der Waals surface area contributed by atoms with Crippen LogP contribution in [0.1, 0.15) is 70.9 Å². The number of aliphatic carboxylic acids is 1. The summed E-state index contributed by atoms with van der Waals surface area (Å²) < 4.78 is 1.70. The van der Waals surface area contributed by atoms with E-state index in [9.17, 15) is 24.3 Å². The lowest BCUT2D eigenvalue weighted by atomic mass is 9.89. The molecule has 45 heavy (non-hydrogen) atoms. The predicted octanol–water partition coefficient (Wildman–Crippen LogP) is 2.84. The fraction of sp³-hybridized carbons (Fsp3) is 0.667. The standard InChI is InChI=1S/C27H39N9O6S3/c1-3-5-7-9-11-36-26(31-33-34-36)45-16-27(24(40)41)14-35-22(39)20(23(35)44-15-27)30-21(38)19(32-42-12-10-8-6-4-2)18-13-43-25(29-18)28-17-37/h13,17,20,23H,3-12,14-16H2,1-2H3,(H,30,38)(H,40,41)(H,28,29,37)/t20?,23-,27?/m1/s1. The first kappa shape index (κ1) is 34.6. The molecule has 246 valence electrons. The summed E-state index contributed by atoms with van der Waals surface area (Å²) in [6.45, 7) is 5.22. The number of nitrogens with one attached hydrogen (secondary N) is 2. The molecular weight excluding hydrogens is 643 g/mol. The first-order valence-corrected chi connectivity index (χ1v) is 18.0. The zero-order valence-electron chi connectivity index (χ0n) is 25.3. The Morgan fingerprint density at radius 1 is 1.22 bits per heavy atom. The summed E-state index contributed by atoms with van der Waals surface area (Å²) >= 11 is 3.71. The van der Waals surface area contributed by atoms with E-state index in [0.29, 0.717) is 24.7 Å². The summed E-state index contributed by atoms with van der Waals surface area (Å²) in [5.41, 5.74) is -1.13. The highest BCUT2D eigenvalue weighted by Gasteiger charge is 2.57. The van der Waals surface area contributed by atoms with Crippen LogP contribution in [0, 0.1) is 5.41 Å². The number of carbonyl (C=O) groups excluding carboxylic acids is 3. The molecule has 3 amide bonds. The Balaban J connectivity index is 1.38. The molecule has 0 aliphatic carbocycles. The number of amides is 3. The van der Waals surface area contributed by atoms with E-state index in [0.717, 1.165) is 62.7 Å². The Morgan fingerprint density at radius 2 is 2.00 bits per heavy atom. The summed E-state index contributed by atoms with van der Waals surface area (Å²) in [5.74, 6) is -1.61. The van der Waals surface area contributed by atoms with Crippen molar-refractivity contribution in [2.75, 3.05) is 30.0 Å². The molecule has 2 aliphatic heterocycles. The molecule has 0 saturated carbocycles. The van der Waals surface area contributed by atoms with Crippen LogP contribution in [0.3, 0.4) is 0 Å². The number of β-lactam (4-membered cyclic amide) rings is 1. The van der Waals surface area contributed by atoms with Crippen molar-refractivity contribution in [1.29, 1.82) is 0 Å². The molecule has 0 aromatic carbocycles. The average Bonchev–Trinajstić information content (AvgIpc) is 3.70. The Kier molecular flexibility index (Phi) is 13.0. The highest BCUT2D eigenvalue weighted by molar-refractivity contribution is 8.00. The Bertz CT molecular complexity index is 1350. The zero-order valence-corrected chi connectivity index (χ0v) is 27.8. The number of carboxylic acid groups (broad SMARTS) is 1. The van der Waals surface area contributed by atoms with E-state index in [-0.39, 0.29) is 40.5 Å². The number of hydrogen-bond acceptors (Lipinski definition) is 13. The number of nitrogens with zero attached hydrogens (tertiary/aromatic N) is 7. The van der Waals surface area contributed by atoms with Crippen LogP contribution < -0.4 is 10.6 Å². The van der Waals surface area contributed by atoms with Gasteiger partial charge in [-0.2, -0.15) is 0 Å². The predicted molar refractivity (Wildman–Crippen MR) is 171 cm³/mol. The summed E-state index contributed by atoms with van der Waals surface area (Å²) in [6, 6.07) is -0.863. The van der Waals surface area contributed by atoms with Crippen LogP contribution in [-0.4, -0.2) is 101 Å². The number of tetrazole rings is 1. The molecule has 2 aliphatic rings. The molecule has 0 spiro atoms. The first-order valence-electron chi connectivity index (χ1n) is 15.0. The number of carbonyl (C=O) groups is 4. The Hall–Kier alpha value is -3.25. The van der Waals surface area contributed by atoms with E-state index >= 15 is 0 Å². The SMILES string of the molecule is CCCCCCON=C(C(=O)NC1C(=O)N2CC(CSc3nnnn3CCCCCC)(C(=O)O)CS[C@H]12)c1csc(NC=O)n1. The van der Waals surface area contributed by atoms with Crippen molar-refractivity contribution in [1.82, 2.24) is 35.4 Å². The van der Waals surface area contributed by atoms with Gasteiger partial charge in [-0.15, -0.1) is 28.2 Å². The first-order chi connectivity index (χ1) is 21.8. The molecule has 2 aromatic heterocycles. The number of rotatable bonds is 20. The van der Waals surface area contributed by atoms with Crippen LogP contribution in [0.2, 0.25) is 0 Å². The zero-order chi connectivity index (χ0) is 32.2. The summed E-state index contributed by atoms with van der Waals surface area (Å²) in [6.07, 6.45) is 8.59. The number of hydrogen-bond donors (Lipinski definition) is 3. The van der Waals surface area contributed by atoms with Gasteiger partial charge in [0.25, 0.3) is 5.91 Å². The minimum Gasteiger partial charge on any atom is -0.481 e. The van der Waals surface area contributed by atoms with Crippen molar-refractivity contribution in [3.63, 3.8) is 0 Å². The molecule has 3 N–H and O–H groups in total. The van der Waals surface area contributed by atoms with Crippen LogP contribution in [0.25, 0.3) is 0 Å². The van der Waals surface area contributed by atoms with E-state index in [1.807, 2.05) is 0 Å². The maximum Gasteiger partial charge on any atom is 0.313 e. The smallest absolute Gasteiger partial charge is 0.313 e. The van der Waals surface area contributed by atoms with Gasteiger partial charge in [0.1, 0.15) is 29.1 Å². The molecule has 2 fully saturated rings. The number of aromatic nitrogens is 5. The molecule has 4 heterocycles. The summed E-state index contributed by atoms with van der Waals surface area (Å²) in [4.78, 5) is 61.1. The van der Waals surface area contributed by atoms with Gasteiger partial charge in [0.15, 0.2) is 10.8 Å². The highest BCUT2D eigenvalue weighted by Crippen LogP contribution is 2.44. The van der Waals surface area contributed by atoms with E-state index in [2.05, 4.69) is 50.1 Å². The van der Waals surface area contributed by atoms with Gasteiger partial charge < -0.3 is 25.5 Å². The quantitative estimate of drug-likeness (QED) is 0.0463. The molecule has 2 unspecified atom stereocenters. The summed E-state index contributed by atoms with van der Waals surface area (Å²) in [5, 5.41) is 33.3. The lowest BCUT2D eigenvalue weighted by Gasteiger charge is -2.53. The van der Waals surface area contributed by atoms with Gasteiger partial charge in [0.05, 0.1) is 0 Å². The maximum absolute atomic E-state index is 13.4. The molecule has 0 bridgehead atoms. The number of thioether (sulfide) groups is 2. The fourth-order valence-electron chi connectivity index (χ4n) is 4.85. The lowest BCUT2D eigenvalue weighted by Crippen LogP contribution is -2.74. The van der Waals surface area contributed by atoms with Gasteiger partial charge in [-0.3, -0.25) is 19.2 Å². The number of unbranched alkanes of at least 4 members (excludes halogenated alkanes) is 6. The molecule has 0 radical (unpaired) electrons. The van der Waals surface area contributed by atoms with Gasteiger partial charge in [-0.05, 0) is 29.7 Å². The fourth-order valence-corrected chi connectivity index (χ4v) is 8.27. The summed E-state index contributed by atoms with van der Waals surface area (Å²) in [7, 11) is 0. The second-order valence-electron chi connectivity index (χ2n) is 10.9. The van der Waals surface area contributed by atoms with Crippen LogP contribution in [0.5, 0.6) is 0 Å². The number of carboxylic acids is 1. The van der Waals surface area contributed by atoms with E-state index in [1.165, 1.54) is 28.4 Å². The topological polar surface area (TPSA) is 194 Å². The van der Waals surface area contributed by atoms with Gasteiger partial charge >= 0.3 is 5.97 Å². The van der Waals surface area contributed by atoms with Crippen molar-refractivity contribution >= 4 is 69.9 Å². The van der Waals surface area contributed by atoms with Crippen LogP contribution in [0.15, 0.2) is 15.7 Å². The Labute approximate surface area is 273 Å². The highest BCUT2D eigenvalue weighted by atomic mass is 32.2. The lowest BCUT2D eigenvalue weighted by molar-refractivity contribution is -0.157. The van der Waals surface area contributed by atoms with Crippen molar-refractivity contribution < 1.29 is 29.1 Å². The van der Waals surface area contributed by atoms with Gasteiger partial charge in [-0.25, -0.2) is 9.67 Å². The minimum absolute atomic E-state index is 0.00486. The van der Waals surface area contributed by atoms with Gasteiger partial charge in [0, 0.05) is 30.0 Å². The number of thiazole rings is 1. The average molecular weight is 682 g/mol. The second kappa shape index (κ2) is 16.9. The molecule has 3 atom stereocenters.